The zero-order valence-corrected chi connectivity index (χ0v) is 18.5. The Morgan fingerprint density at radius 3 is 2.49 bits per heavy atom. The van der Waals surface area contributed by atoms with Crippen LogP contribution < -0.4 is 15.4 Å². The Hall–Kier alpha value is -3.90. The van der Waals surface area contributed by atoms with Crippen molar-refractivity contribution < 1.29 is 41.4 Å². The summed E-state index contributed by atoms with van der Waals surface area (Å²) in [4.78, 5) is 27.9. The number of rotatable bonds is 9. The Labute approximate surface area is 195 Å². The third kappa shape index (κ3) is 5.61. The van der Waals surface area contributed by atoms with Gasteiger partial charge in [0.15, 0.2) is 11.4 Å². The van der Waals surface area contributed by atoms with E-state index in [4.69, 9.17) is 9.84 Å². The smallest absolute Gasteiger partial charge is 0.405 e. The number of aryl methyl sites for hydroxylation is 1. The van der Waals surface area contributed by atoms with E-state index in [0.717, 1.165) is 34.9 Å². The van der Waals surface area contributed by atoms with Crippen LogP contribution in [0.4, 0.5) is 26.7 Å². The Bertz CT molecular complexity index is 1250. The summed E-state index contributed by atoms with van der Waals surface area (Å²) in [6.45, 7) is 0.418. The van der Waals surface area contributed by atoms with Crippen LogP contribution in [0.2, 0.25) is 0 Å². The first-order valence-corrected chi connectivity index (χ1v) is 10.2. The molecule has 1 atom stereocenters. The molecule has 3 aromatic rings. The molecule has 0 aliphatic carbocycles. The van der Waals surface area contributed by atoms with Gasteiger partial charge in [-0.25, -0.2) is 31.7 Å². The van der Waals surface area contributed by atoms with E-state index >= 15 is 0 Å². The topological polar surface area (TPSA) is 105 Å². The summed E-state index contributed by atoms with van der Waals surface area (Å²) >= 11 is 0. The van der Waals surface area contributed by atoms with Crippen molar-refractivity contribution in [2.24, 2.45) is 0 Å². The van der Waals surface area contributed by atoms with E-state index in [9.17, 15) is 31.5 Å². The number of hydrogen-bond donors (Lipinski definition) is 3. The monoisotopic (exact) mass is 500 g/mol. The quantitative estimate of drug-likeness (QED) is 0.383. The van der Waals surface area contributed by atoms with Gasteiger partial charge in [-0.3, -0.25) is 9.20 Å². The van der Waals surface area contributed by atoms with E-state index in [1.54, 1.807) is 0 Å². The van der Waals surface area contributed by atoms with Gasteiger partial charge in [-0.05, 0) is 32.0 Å². The summed E-state index contributed by atoms with van der Waals surface area (Å²) in [6, 6.07) is 4.13. The van der Waals surface area contributed by atoms with E-state index in [-0.39, 0.29) is 22.8 Å². The fourth-order valence-corrected chi connectivity index (χ4v) is 3.31. The molecule has 8 nitrogen and oxygen atoms in total. The molecule has 35 heavy (non-hydrogen) atoms. The number of halogens is 5. The third-order valence-corrected chi connectivity index (χ3v) is 5.13. The number of imidazole rings is 1. The average molecular weight is 500 g/mol. The largest absolute Gasteiger partial charge is 0.485 e. The highest BCUT2D eigenvalue weighted by Gasteiger charge is 2.29. The molecule has 3 N–H and O–H groups in total. The minimum atomic E-state index is -2.99. The number of benzene rings is 1. The Kier molecular flexibility index (Phi) is 7.46. The number of amides is 2. The molecule has 0 saturated heterocycles. The van der Waals surface area contributed by atoms with Crippen LogP contribution in [0.25, 0.3) is 5.65 Å². The predicted molar refractivity (Wildman–Crippen MR) is 113 cm³/mol. The SMILES string of the molecule is Cc1nc2c(OCc3c(F)cccc3F)cc(C(F)F)cn2c1C(=O)NCC(C)(CF)NC(=O)O. The van der Waals surface area contributed by atoms with Gasteiger partial charge < -0.3 is 20.5 Å². The zero-order valence-electron chi connectivity index (χ0n) is 18.5. The summed E-state index contributed by atoms with van der Waals surface area (Å²) in [5, 5.41) is 13.2. The standard InChI is InChI=1S/C22H21F5N4O4/c1-11-17(20(32)28-10-22(2,9-23)30-21(33)34)31-7-12(18(26)27)6-16(19(31)29-11)35-8-13-14(24)4-3-5-15(13)25/h3-7,18,30H,8-10H2,1-2H3,(H,28,32)(H,33,34). The normalized spacial score (nSPS) is 13.0. The summed E-state index contributed by atoms with van der Waals surface area (Å²) in [5.41, 5.74) is -2.81. The summed E-state index contributed by atoms with van der Waals surface area (Å²) < 4.78 is 74.8. The number of ether oxygens (including phenoxy) is 1. The Morgan fingerprint density at radius 1 is 1.26 bits per heavy atom. The fraction of sp³-hybridized carbons (Fsp3) is 0.318. The fourth-order valence-electron chi connectivity index (χ4n) is 3.31. The molecular weight excluding hydrogens is 479 g/mol. The molecule has 13 heteroatoms. The van der Waals surface area contributed by atoms with Crippen LogP contribution in [0.3, 0.4) is 0 Å². The summed E-state index contributed by atoms with van der Waals surface area (Å²) in [7, 11) is 0. The number of carbonyl (C=O) groups excluding carboxylic acids is 1. The first-order chi connectivity index (χ1) is 16.5. The lowest BCUT2D eigenvalue weighted by Crippen LogP contribution is -2.55. The molecule has 0 fully saturated rings. The highest BCUT2D eigenvalue weighted by atomic mass is 19.3. The lowest BCUT2D eigenvalue weighted by molar-refractivity contribution is 0.0926. The highest BCUT2D eigenvalue weighted by molar-refractivity contribution is 5.95. The molecule has 0 saturated carbocycles. The molecule has 188 valence electrons. The van der Waals surface area contributed by atoms with Gasteiger partial charge in [0.1, 0.15) is 30.6 Å². The van der Waals surface area contributed by atoms with Crippen molar-refractivity contribution in [1.82, 2.24) is 20.0 Å². The molecule has 1 unspecified atom stereocenters. The lowest BCUT2D eigenvalue weighted by Gasteiger charge is -2.26. The highest BCUT2D eigenvalue weighted by Crippen LogP contribution is 2.30. The molecule has 2 aromatic heterocycles. The molecule has 2 amide bonds. The maximum absolute atomic E-state index is 14.0. The van der Waals surface area contributed by atoms with E-state index in [2.05, 4.69) is 10.3 Å². The first-order valence-electron chi connectivity index (χ1n) is 10.2. The summed E-state index contributed by atoms with van der Waals surface area (Å²) in [6.07, 6.45) is -3.53. The minimum absolute atomic E-state index is 0.0780. The number of alkyl halides is 3. The van der Waals surface area contributed by atoms with Gasteiger partial charge in [0.05, 0.1) is 16.8 Å². The van der Waals surface area contributed by atoms with Crippen LogP contribution >= 0.6 is 0 Å². The van der Waals surface area contributed by atoms with Crippen molar-refractivity contribution >= 4 is 17.6 Å². The van der Waals surface area contributed by atoms with E-state index in [1.165, 1.54) is 13.8 Å². The van der Waals surface area contributed by atoms with Crippen molar-refractivity contribution in [2.75, 3.05) is 13.2 Å². The van der Waals surface area contributed by atoms with Gasteiger partial charge in [0, 0.05) is 18.3 Å². The number of pyridine rings is 1. The van der Waals surface area contributed by atoms with Crippen LogP contribution in [-0.2, 0) is 6.61 Å². The minimum Gasteiger partial charge on any atom is -0.485 e. The molecular formula is C22H21F5N4O4. The Balaban J connectivity index is 1.97. The van der Waals surface area contributed by atoms with Crippen molar-refractivity contribution in [2.45, 2.75) is 32.4 Å². The number of aromatic nitrogens is 2. The van der Waals surface area contributed by atoms with E-state index in [0.29, 0.717) is 0 Å². The van der Waals surface area contributed by atoms with Crippen LogP contribution in [0.5, 0.6) is 5.75 Å². The van der Waals surface area contributed by atoms with Crippen LogP contribution in [0.1, 0.15) is 40.7 Å². The first kappa shape index (κ1) is 25.7. The predicted octanol–water partition coefficient (Wildman–Crippen LogP) is 4.16. The van der Waals surface area contributed by atoms with Gasteiger partial charge in [0.2, 0.25) is 0 Å². The lowest BCUT2D eigenvalue weighted by atomic mass is 10.1. The molecule has 2 heterocycles. The molecule has 0 aliphatic heterocycles. The van der Waals surface area contributed by atoms with Crippen molar-refractivity contribution in [3.05, 3.63) is 64.6 Å². The number of nitrogens with zero attached hydrogens (tertiary/aromatic N) is 2. The number of carbonyl (C=O) groups is 2. The number of hydrogen-bond acceptors (Lipinski definition) is 4. The second-order valence-electron chi connectivity index (χ2n) is 7.97. The van der Waals surface area contributed by atoms with Crippen LogP contribution in [-0.4, -0.2) is 45.2 Å². The zero-order chi connectivity index (χ0) is 25.9. The molecule has 0 bridgehead atoms. The van der Waals surface area contributed by atoms with Gasteiger partial charge in [0.25, 0.3) is 12.3 Å². The average Bonchev–Trinajstić information content (AvgIpc) is 3.12. The maximum atomic E-state index is 14.0. The molecule has 0 radical (unpaired) electrons. The van der Waals surface area contributed by atoms with Crippen molar-refractivity contribution in [1.29, 1.82) is 0 Å². The van der Waals surface area contributed by atoms with Gasteiger partial charge in [-0.1, -0.05) is 6.07 Å². The molecule has 0 spiro atoms. The van der Waals surface area contributed by atoms with Crippen LogP contribution in [0.15, 0.2) is 30.5 Å². The van der Waals surface area contributed by atoms with Gasteiger partial charge in [-0.15, -0.1) is 0 Å². The second kappa shape index (κ2) is 10.2. The molecule has 0 aliphatic rings. The van der Waals surface area contributed by atoms with Crippen LogP contribution in [0, 0.1) is 18.6 Å². The Morgan fingerprint density at radius 2 is 1.91 bits per heavy atom. The molecule has 3 rings (SSSR count). The van der Waals surface area contributed by atoms with Crippen molar-refractivity contribution in [3.63, 3.8) is 0 Å². The molecule has 1 aromatic carbocycles. The second-order valence-corrected chi connectivity index (χ2v) is 7.97. The number of fused-ring (bicyclic) bond motifs is 1. The van der Waals surface area contributed by atoms with E-state index in [1.807, 2.05) is 5.32 Å². The third-order valence-electron chi connectivity index (χ3n) is 5.13. The van der Waals surface area contributed by atoms with Gasteiger partial charge in [-0.2, -0.15) is 0 Å². The number of nitrogens with one attached hydrogen (secondary N) is 2. The van der Waals surface area contributed by atoms with E-state index < -0.39 is 66.6 Å². The van der Waals surface area contributed by atoms with Crippen molar-refractivity contribution in [3.8, 4) is 5.75 Å². The summed E-state index contributed by atoms with van der Waals surface area (Å²) in [5.74, 6) is -2.89. The number of carboxylic acid groups (broad SMARTS) is 1. The maximum Gasteiger partial charge on any atom is 0.405 e. The van der Waals surface area contributed by atoms with Gasteiger partial charge >= 0.3 is 6.09 Å².